The Morgan fingerprint density at radius 3 is 2.76 bits per heavy atom. The molecule has 1 aromatic carbocycles. The van der Waals surface area contributed by atoms with Crippen molar-refractivity contribution in [3.8, 4) is 0 Å². The summed E-state index contributed by atoms with van der Waals surface area (Å²) in [6.45, 7) is 5.03. The van der Waals surface area contributed by atoms with Crippen molar-refractivity contribution >= 4 is 34.5 Å². The summed E-state index contributed by atoms with van der Waals surface area (Å²) in [5.41, 5.74) is 2.47. The normalized spacial score (nSPS) is 10.5. The second kappa shape index (κ2) is 7.09. The summed E-state index contributed by atoms with van der Waals surface area (Å²) < 4.78 is 0.779. The lowest BCUT2D eigenvalue weighted by Crippen LogP contribution is -2.31. The number of hydrogen-bond donors (Lipinski definition) is 1. The van der Waals surface area contributed by atoms with Gasteiger partial charge in [-0.3, -0.25) is 9.78 Å². The molecular weight excluding hydrogens is 348 g/mol. The molecule has 0 aliphatic rings. The second-order valence-corrected chi connectivity index (χ2v) is 6.12. The van der Waals surface area contributed by atoms with Crippen molar-refractivity contribution in [3.63, 3.8) is 0 Å². The summed E-state index contributed by atoms with van der Waals surface area (Å²) in [6.07, 6.45) is 0. The lowest BCUT2D eigenvalue weighted by molar-refractivity contribution is 0.0749. The third kappa shape index (κ3) is 4.08. The fraction of sp³-hybridized carbons (Fsp3) is 0.250. The van der Waals surface area contributed by atoms with Crippen LogP contribution in [0.25, 0.3) is 0 Å². The molecule has 1 amide bonds. The minimum atomic E-state index is -0.0245. The number of rotatable bonds is 4. The first-order valence-electron chi connectivity index (χ1n) is 6.71. The number of aryl methyl sites for hydroxylation is 1. The van der Waals surface area contributed by atoms with Gasteiger partial charge >= 0.3 is 0 Å². The third-order valence-corrected chi connectivity index (χ3v) is 4.12. The first-order chi connectivity index (χ1) is 10.0. The summed E-state index contributed by atoms with van der Waals surface area (Å²) >= 11 is 7.73. The van der Waals surface area contributed by atoms with Crippen LogP contribution >= 0.6 is 28.6 Å². The molecule has 1 heterocycles. The molecule has 1 aromatic heterocycles. The molecule has 2 aromatic rings. The summed E-state index contributed by atoms with van der Waals surface area (Å²) in [5.74, 6) is -0.0245. The Bertz CT molecular complexity index is 660. The molecule has 0 fully saturated rings. The molecule has 0 bridgehead atoms. The van der Waals surface area contributed by atoms with Crippen molar-refractivity contribution in [1.82, 2.24) is 9.88 Å². The van der Waals surface area contributed by atoms with Crippen molar-refractivity contribution in [2.45, 2.75) is 25.3 Å². The van der Waals surface area contributed by atoms with Gasteiger partial charge in [0.25, 0.3) is 5.91 Å². The fourth-order valence-electron chi connectivity index (χ4n) is 2.06. The van der Waals surface area contributed by atoms with Gasteiger partial charge in [0, 0.05) is 21.6 Å². The summed E-state index contributed by atoms with van der Waals surface area (Å²) in [6, 6.07) is 11.3. The predicted octanol–water partition coefficient (Wildman–Crippen LogP) is 4.10. The van der Waals surface area contributed by atoms with Gasteiger partial charge in [0.05, 0.1) is 17.8 Å². The highest BCUT2D eigenvalue weighted by Gasteiger charge is 2.18. The van der Waals surface area contributed by atoms with Crippen molar-refractivity contribution in [1.29, 1.82) is 0 Å². The molecule has 0 spiro atoms. The van der Waals surface area contributed by atoms with Gasteiger partial charge in [-0.25, -0.2) is 0 Å². The number of carbonyl (C=O) groups excluding carboxylic acids is 1. The van der Waals surface area contributed by atoms with Crippen LogP contribution in [0.4, 0.5) is 0 Å². The molecule has 0 unspecified atom stereocenters. The van der Waals surface area contributed by atoms with Crippen molar-refractivity contribution in [3.05, 3.63) is 57.8 Å². The lowest BCUT2D eigenvalue weighted by atomic mass is 10.2. The van der Waals surface area contributed by atoms with E-state index in [0.29, 0.717) is 18.7 Å². The smallest absolute Gasteiger partial charge is 0.255 e. The number of hydrogen-bond acceptors (Lipinski definition) is 3. The van der Waals surface area contributed by atoms with Crippen LogP contribution in [-0.2, 0) is 6.54 Å². The average Bonchev–Trinajstić information content (AvgIpc) is 2.46. The van der Waals surface area contributed by atoms with Gasteiger partial charge in [0.15, 0.2) is 0 Å². The molecule has 5 heteroatoms. The molecule has 21 heavy (non-hydrogen) atoms. The maximum Gasteiger partial charge on any atom is 0.255 e. The van der Waals surface area contributed by atoms with E-state index in [1.165, 1.54) is 0 Å². The second-order valence-electron chi connectivity index (χ2n) is 4.75. The first kappa shape index (κ1) is 16.0. The molecule has 0 aliphatic heterocycles. The largest absolute Gasteiger partial charge is 0.333 e. The Morgan fingerprint density at radius 1 is 1.33 bits per heavy atom. The molecule has 0 saturated carbocycles. The first-order valence-corrected chi connectivity index (χ1v) is 7.95. The van der Waals surface area contributed by atoms with E-state index in [9.17, 15) is 4.79 Å². The Balaban J connectivity index is 2.24. The zero-order chi connectivity index (χ0) is 15.4. The number of pyridine rings is 1. The van der Waals surface area contributed by atoms with E-state index in [-0.39, 0.29) is 5.91 Å². The minimum Gasteiger partial charge on any atom is -0.333 e. The van der Waals surface area contributed by atoms with Crippen LogP contribution in [0.2, 0.25) is 0 Å². The van der Waals surface area contributed by atoms with Gasteiger partial charge in [-0.15, -0.1) is 12.6 Å². The van der Waals surface area contributed by atoms with Gasteiger partial charge in [-0.05, 0) is 60.1 Å². The quantitative estimate of drug-likeness (QED) is 0.828. The molecule has 0 saturated heterocycles. The maximum atomic E-state index is 12.7. The molecule has 0 atom stereocenters. The number of nitrogens with zero attached hydrogens (tertiary/aromatic N) is 2. The van der Waals surface area contributed by atoms with Crippen LogP contribution < -0.4 is 0 Å². The zero-order valence-corrected chi connectivity index (χ0v) is 14.5. The Kier molecular flexibility index (Phi) is 5.42. The van der Waals surface area contributed by atoms with Gasteiger partial charge < -0.3 is 4.90 Å². The fourth-order valence-corrected chi connectivity index (χ4v) is 2.68. The van der Waals surface area contributed by atoms with Crippen molar-refractivity contribution in [2.75, 3.05) is 6.54 Å². The molecule has 3 nitrogen and oxygen atoms in total. The summed E-state index contributed by atoms with van der Waals surface area (Å²) in [5, 5.41) is 0. The van der Waals surface area contributed by atoms with E-state index in [0.717, 1.165) is 20.8 Å². The van der Waals surface area contributed by atoms with Gasteiger partial charge in [0.2, 0.25) is 0 Å². The van der Waals surface area contributed by atoms with Gasteiger partial charge in [-0.2, -0.15) is 0 Å². The Hall–Kier alpha value is -1.33. The highest BCUT2D eigenvalue weighted by Crippen LogP contribution is 2.22. The van der Waals surface area contributed by atoms with Gasteiger partial charge in [-0.1, -0.05) is 6.07 Å². The van der Waals surface area contributed by atoms with Crippen LogP contribution in [-0.4, -0.2) is 22.3 Å². The Labute approximate surface area is 138 Å². The standard InChI is InChI=1S/C16H17BrN2OS/c1-3-19(10-12-6-4-5-11(2)18-12)16(20)14-9-13(21)7-8-15(14)17/h4-9,21H,3,10H2,1-2H3. The average molecular weight is 365 g/mol. The van der Waals surface area contributed by atoms with Crippen LogP contribution in [0, 0.1) is 6.92 Å². The number of thiol groups is 1. The monoisotopic (exact) mass is 364 g/mol. The van der Waals surface area contributed by atoms with Crippen LogP contribution in [0.3, 0.4) is 0 Å². The van der Waals surface area contributed by atoms with Gasteiger partial charge in [0.1, 0.15) is 0 Å². The topological polar surface area (TPSA) is 33.2 Å². The summed E-state index contributed by atoms with van der Waals surface area (Å²) in [7, 11) is 0. The highest BCUT2D eigenvalue weighted by atomic mass is 79.9. The van der Waals surface area contributed by atoms with Crippen molar-refractivity contribution in [2.24, 2.45) is 0 Å². The van der Waals surface area contributed by atoms with Crippen LogP contribution in [0.1, 0.15) is 28.7 Å². The highest BCUT2D eigenvalue weighted by molar-refractivity contribution is 9.10. The van der Waals surface area contributed by atoms with E-state index < -0.39 is 0 Å². The number of amides is 1. The SMILES string of the molecule is CCN(Cc1cccc(C)n1)C(=O)c1cc(S)ccc1Br. The van der Waals surface area contributed by atoms with E-state index >= 15 is 0 Å². The summed E-state index contributed by atoms with van der Waals surface area (Å²) in [4.78, 5) is 19.7. The van der Waals surface area contributed by atoms with E-state index in [4.69, 9.17) is 0 Å². The van der Waals surface area contributed by atoms with E-state index in [1.54, 1.807) is 11.0 Å². The number of halogens is 1. The number of carbonyl (C=O) groups is 1. The number of benzene rings is 1. The molecular formula is C16H17BrN2OS. The van der Waals surface area contributed by atoms with E-state index in [1.807, 2.05) is 44.2 Å². The van der Waals surface area contributed by atoms with Crippen molar-refractivity contribution < 1.29 is 4.79 Å². The van der Waals surface area contributed by atoms with Crippen LogP contribution in [0.5, 0.6) is 0 Å². The molecule has 110 valence electrons. The number of aromatic nitrogens is 1. The molecule has 0 radical (unpaired) electrons. The molecule has 0 aliphatic carbocycles. The van der Waals surface area contributed by atoms with E-state index in [2.05, 4.69) is 33.5 Å². The Morgan fingerprint density at radius 2 is 2.10 bits per heavy atom. The molecule has 2 rings (SSSR count). The van der Waals surface area contributed by atoms with Crippen LogP contribution in [0.15, 0.2) is 45.8 Å². The predicted molar refractivity (Wildman–Crippen MR) is 90.8 cm³/mol. The lowest BCUT2D eigenvalue weighted by Gasteiger charge is -2.21. The molecule has 0 N–H and O–H groups in total. The maximum absolute atomic E-state index is 12.7. The zero-order valence-electron chi connectivity index (χ0n) is 12.0. The minimum absolute atomic E-state index is 0.0245. The third-order valence-electron chi connectivity index (χ3n) is 3.15.